The van der Waals surface area contributed by atoms with Crippen LogP contribution in [0.5, 0.6) is 5.75 Å². The standard InChI is InChI=1S/C26H28FN3O4/c1-26(2,13-33-3)24-23(14-7-15(8-14)25(31)32)18-11-20-16(12-28-29-20)9-21(18)30(24)17-5-6-19(27)22(10-17)34-4/h5-6,9-12,14-15H,7-8,13H2,1-4H3,(H,28,29)(H,31,32). The fraction of sp³-hybridized carbons (Fsp3) is 0.385. The third-order valence-electron chi connectivity index (χ3n) is 7.00. The molecular formula is C26H28FN3O4. The predicted octanol–water partition coefficient (Wildman–Crippen LogP) is 5.16. The highest BCUT2D eigenvalue weighted by atomic mass is 19.1. The van der Waals surface area contributed by atoms with Gasteiger partial charge < -0.3 is 19.1 Å². The molecule has 0 radical (unpaired) electrons. The molecule has 4 aromatic rings. The van der Waals surface area contributed by atoms with E-state index < -0.39 is 17.2 Å². The molecule has 1 aliphatic carbocycles. The second-order valence-electron chi connectivity index (χ2n) is 9.76. The predicted molar refractivity (Wildman–Crippen MR) is 127 cm³/mol. The molecule has 2 N–H and O–H groups in total. The molecule has 0 bridgehead atoms. The number of rotatable bonds is 7. The van der Waals surface area contributed by atoms with Crippen LogP contribution in [0.25, 0.3) is 27.5 Å². The van der Waals surface area contributed by atoms with Crippen molar-refractivity contribution in [2.45, 2.75) is 38.0 Å². The number of ether oxygens (including phenoxy) is 2. The van der Waals surface area contributed by atoms with Gasteiger partial charge in [0.25, 0.3) is 0 Å². The zero-order valence-corrected chi connectivity index (χ0v) is 19.7. The number of carboxylic acid groups (broad SMARTS) is 1. The van der Waals surface area contributed by atoms with E-state index in [1.165, 1.54) is 13.2 Å². The lowest BCUT2D eigenvalue weighted by Gasteiger charge is -2.36. The van der Waals surface area contributed by atoms with E-state index >= 15 is 0 Å². The van der Waals surface area contributed by atoms with Crippen molar-refractivity contribution >= 4 is 27.8 Å². The summed E-state index contributed by atoms with van der Waals surface area (Å²) >= 11 is 0. The molecule has 2 aromatic carbocycles. The Bertz CT molecular complexity index is 1400. The first-order valence-corrected chi connectivity index (χ1v) is 11.3. The molecule has 1 aliphatic rings. The Labute approximate surface area is 196 Å². The molecule has 1 saturated carbocycles. The van der Waals surface area contributed by atoms with Crippen molar-refractivity contribution < 1.29 is 23.8 Å². The molecular weight excluding hydrogens is 437 g/mol. The fourth-order valence-electron chi connectivity index (χ4n) is 5.37. The number of benzene rings is 2. The van der Waals surface area contributed by atoms with Gasteiger partial charge in [0.1, 0.15) is 0 Å². The Hall–Kier alpha value is -3.39. The van der Waals surface area contributed by atoms with Crippen molar-refractivity contribution in [3.8, 4) is 11.4 Å². The first-order valence-electron chi connectivity index (χ1n) is 11.3. The van der Waals surface area contributed by atoms with Crippen molar-refractivity contribution in [2.24, 2.45) is 5.92 Å². The summed E-state index contributed by atoms with van der Waals surface area (Å²) in [5, 5.41) is 18.8. The SMILES string of the molecule is COCC(C)(C)c1c(C2CC(C(=O)O)C2)c2cc3[nH]ncc3cc2n1-c1ccc(F)c(OC)c1. The van der Waals surface area contributed by atoms with Crippen LogP contribution in [0.4, 0.5) is 4.39 Å². The number of hydrogen-bond acceptors (Lipinski definition) is 4. The first-order chi connectivity index (χ1) is 16.2. The van der Waals surface area contributed by atoms with Gasteiger partial charge in [0, 0.05) is 40.7 Å². The van der Waals surface area contributed by atoms with Gasteiger partial charge in [0.05, 0.1) is 36.9 Å². The summed E-state index contributed by atoms with van der Waals surface area (Å²) < 4.78 is 27.4. The van der Waals surface area contributed by atoms with E-state index in [9.17, 15) is 14.3 Å². The van der Waals surface area contributed by atoms with Gasteiger partial charge in [-0.2, -0.15) is 5.10 Å². The average Bonchev–Trinajstić information content (AvgIpc) is 3.34. The minimum atomic E-state index is -0.753. The molecule has 2 heterocycles. The number of hydrogen-bond donors (Lipinski definition) is 2. The Morgan fingerprint density at radius 1 is 1.26 bits per heavy atom. The molecule has 2 aromatic heterocycles. The van der Waals surface area contributed by atoms with Crippen LogP contribution in [-0.4, -0.2) is 46.7 Å². The highest BCUT2D eigenvalue weighted by molar-refractivity contribution is 5.99. The van der Waals surface area contributed by atoms with Crippen LogP contribution in [-0.2, 0) is 14.9 Å². The normalized spacial score (nSPS) is 18.4. The van der Waals surface area contributed by atoms with Gasteiger partial charge in [-0.3, -0.25) is 9.89 Å². The zero-order valence-electron chi connectivity index (χ0n) is 19.7. The molecule has 0 saturated heterocycles. The number of nitrogens with one attached hydrogen (secondary N) is 1. The number of fused-ring (bicyclic) bond motifs is 2. The molecule has 178 valence electrons. The Balaban J connectivity index is 1.86. The number of aromatic amines is 1. The van der Waals surface area contributed by atoms with Crippen molar-refractivity contribution in [1.29, 1.82) is 0 Å². The Kier molecular flexibility index (Phi) is 5.36. The van der Waals surface area contributed by atoms with Gasteiger partial charge in [0.2, 0.25) is 0 Å². The maximum atomic E-state index is 14.3. The monoisotopic (exact) mass is 465 g/mol. The first kappa shape index (κ1) is 22.4. The number of aliphatic carboxylic acids is 1. The average molecular weight is 466 g/mol. The van der Waals surface area contributed by atoms with Gasteiger partial charge >= 0.3 is 5.97 Å². The Morgan fingerprint density at radius 3 is 2.71 bits per heavy atom. The van der Waals surface area contributed by atoms with Crippen LogP contribution in [0.1, 0.15) is 43.9 Å². The quantitative estimate of drug-likeness (QED) is 0.394. The highest BCUT2D eigenvalue weighted by Crippen LogP contribution is 2.50. The number of carboxylic acids is 1. The highest BCUT2D eigenvalue weighted by Gasteiger charge is 2.42. The topological polar surface area (TPSA) is 89.4 Å². The molecule has 7 nitrogen and oxygen atoms in total. The van der Waals surface area contributed by atoms with Crippen LogP contribution in [0.15, 0.2) is 36.5 Å². The molecule has 5 rings (SSSR count). The van der Waals surface area contributed by atoms with E-state index in [4.69, 9.17) is 9.47 Å². The number of methoxy groups -OCH3 is 2. The zero-order chi connectivity index (χ0) is 24.2. The van der Waals surface area contributed by atoms with Gasteiger partial charge in [-0.1, -0.05) is 13.8 Å². The van der Waals surface area contributed by atoms with E-state index in [0.29, 0.717) is 19.4 Å². The van der Waals surface area contributed by atoms with Crippen molar-refractivity contribution in [2.75, 3.05) is 20.8 Å². The molecule has 0 spiro atoms. The van der Waals surface area contributed by atoms with E-state index in [1.807, 2.05) is 0 Å². The van der Waals surface area contributed by atoms with Crippen molar-refractivity contribution in [3.63, 3.8) is 0 Å². The summed E-state index contributed by atoms with van der Waals surface area (Å²) in [6.07, 6.45) is 2.94. The lowest BCUT2D eigenvalue weighted by molar-refractivity contribution is -0.145. The minimum Gasteiger partial charge on any atom is -0.494 e. The molecule has 1 fully saturated rings. The summed E-state index contributed by atoms with van der Waals surface area (Å²) in [4.78, 5) is 11.6. The smallest absolute Gasteiger partial charge is 0.306 e. The third-order valence-corrected chi connectivity index (χ3v) is 7.00. The van der Waals surface area contributed by atoms with E-state index in [1.54, 1.807) is 25.4 Å². The van der Waals surface area contributed by atoms with Crippen molar-refractivity contribution in [1.82, 2.24) is 14.8 Å². The van der Waals surface area contributed by atoms with E-state index in [0.717, 1.165) is 38.8 Å². The summed E-state index contributed by atoms with van der Waals surface area (Å²) in [6.45, 7) is 4.70. The lowest BCUT2D eigenvalue weighted by atomic mass is 9.68. The maximum absolute atomic E-state index is 14.3. The summed E-state index contributed by atoms with van der Waals surface area (Å²) in [6, 6.07) is 9.02. The van der Waals surface area contributed by atoms with Gasteiger partial charge in [-0.05, 0) is 48.6 Å². The number of H-pyrrole nitrogens is 1. The van der Waals surface area contributed by atoms with Crippen LogP contribution >= 0.6 is 0 Å². The second-order valence-corrected chi connectivity index (χ2v) is 9.76. The second kappa shape index (κ2) is 8.13. The maximum Gasteiger partial charge on any atom is 0.306 e. The summed E-state index contributed by atoms with van der Waals surface area (Å²) in [7, 11) is 3.13. The molecule has 8 heteroatoms. The molecule has 0 amide bonds. The lowest BCUT2D eigenvalue weighted by Crippen LogP contribution is -2.33. The third kappa shape index (κ3) is 3.44. The van der Waals surface area contributed by atoms with Crippen LogP contribution in [0.3, 0.4) is 0 Å². The largest absolute Gasteiger partial charge is 0.494 e. The van der Waals surface area contributed by atoms with Gasteiger partial charge in [0.15, 0.2) is 11.6 Å². The van der Waals surface area contributed by atoms with E-state index in [-0.39, 0.29) is 17.6 Å². The molecule has 34 heavy (non-hydrogen) atoms. The number of carbonyl (C=O) groups is 1. The van der Waals surface area contributed by atoms with Gasteiger partial charge in [-0.25, -0.2) is 4.39 Å². The van der Waals surface area contributed by atoms with Gasteiger partial charge in [-0.15, -0.1) is 0 Å². The van der Waals surface area contributed by atoms with Crippen molar-refractivity contribution in [3.05, 3.63) is 53.6 Å². The Morgan fingerprint density at radius 2 is 2.03 bits per heavy atom. The van der Waals surface area contributed by atoms with E-state index in [2.05, 4.69) is 40.7 Å². The number of aromatic nitrogens is 3. The fourth-order valence-corrected chi connectivity index (χ4v) is 5.37. The molecule has 0 unspecified atom stereocenters. The number of halogens is 1. The van der Waals surface area contributed by atoms with Crippen LogP contribution in [0, 0.1) is 11.7 Å². The number of nitrogens with zero attached hydrogens (tertiary/aromatic N) is 2. The summed E-state index contributed by atoms with van der Waals surface area (Å²) in [5.41, 5.74) is 4.38. The summed E-state index contributed by atoms with van der Waals surface area (Å²) in [5.74, 6) is -1.27. The van der Waals surface area contributed by atoms with Crippen LogP contribution < -0.4 is 4.74 Å². The minimum absolute atomic E-state index is 0.0960. The molecule has 0 atom stereocenters. The van der Waals surface area contributed by atoms with Crippen LogP contribution in [0.2, 0.25) is 0 Å². The molecule has 0 aliphatic heterocycles.